The van der Waals surface area contributed by atoms with E-state index in [1.54, 1.807) is 25.3 Å². The fraction of sp³-hybridized carbons (Fsp3) is 0.250. The minimum Gasteiger partial charge on any atom is -0.508 e. The number of phenols is 1. The van der Waals surface area contributed by atoms with Crippen LogP contribution in [-0.4, -0.2) is 12.2 Å². The number of benzene rings is 1. The third-order valence-electron chi connectivity index (χ3n) is 1.38. The molecule has 0 unspecified atom stereocenters. The average molecular weight is 173 g/mol. The zero-order valence-corrected chi connectivity index (χ0v) is 6.93. The summed E-state index contributed by atoms with van der Waals surface area (Å²) in [7, 11) is 1.56. The molecule has 11 heavy (non-hydrogen) atoms. The summed E-state index contributed by atoms with van der Waals surface area (Å²) in [5.74, 6) is 0.180. The summed E-state index contributed by atoms with van der Waals surface area (Å²) in [6, 6.07) is 4.99. The van der Waals surface area contributed by atoms with Crippen LogP contribution in [0.1, 0.15) is 5.56 Å². The predicted molar refractivity (Wildman–Crippen MR) is 43.8 cm³/mol. The van der Waals surface area contributed by atoms with Gasteiger partial charge >= 0.3 is 0 Å². The van der Waals surface area contributed by atoms with Crippen LogP contribution in [0.25, 0.3) is 0 Å². The van der Waals surface area contributed by atoms with Gasteiger partial charge in [-0.1, -0.05) is 17.7 Å². The highest BCUT2D eigenvalue weighted by Crippen LogP contribution is 2.25. The smallest absolute Gasteiger partial charge is 0.122 e. The van der Waals surface area contributed by atoms with Crippen LogP contribution in [0.5, 0.6) is 5.75 Å². The molecule has 0 atom stereocenters. The molecule has 0 fully saturated rings. The second-order valence-corrected chi connectivity index (χ2v) is 2.58. The highest BCUT2D eigenvalue weighted by Gasteiger charge is 2.03. The molecule has 1 aromatic carbocycles. The highest BCUT2D eigenvalue weighted by molar-refractivity contribution is 6.31. The van der Waals surface area contributed by atoms with E-state index >= 15 is 0 Å². The second kappa shape index (κ2) is 3.60. The van der Waals surface area contributed by atoms with Crippen molar-refractivity contribution in [1.29, 1.82) is 0 Å². The first kappa shape index (κ1) is 8.37. The maximum absolute atomic E-state index is 9.26. The average Bonchev–Trinajstić information content (AvgIpc) is 1.97. The molecule has 0 aliphatic carbocycles. The maximum atomic E-state index is 9.26. The van der Waals surface area contributed by atoms with Crippen molar-refractivity contribution in [3.63, 3.8) is 0 Å². The van der Waals surface area contributed by atoms with E-state index in [0.717, 1.165) is 0 Å². The first-order valence-electron chi connectivity index (χ1n) is 3.21. The van der Waals surface area contributed by atoms with Gasteiger partial charge in [-0.25, -0.2) is 0 Å². The van der Waals surface area contributed by atoms with Crippen LogP contribution in [0.15, 0.2) is 18.2 Å². The molecule has 1 rings (SSSR count). The first-order chi connectivity index (χ1) is 5.25. The SMILES string of the molecule is COCc1c(O)cccc1Cl. The molecule has 0 aliphatic heterocycles. The normalized spacial score (nSPS) is 10.0. The Labute approximate surface area is 70.4 Å². The summed E-state index contributed by atoms with van der Waals surface area (Å²) in [6.07, 6.45) is 0. The quantitative estimate of drug-likeness (QED) is 0.741. The van der Waals surface area contributed by atoms with Crippen LogP contribution in [0, 0.1) is 0 Å². The van der Waals surface area contributed by atoms with Gasteiger partial charge in [-0.05, 0) is 12.1 Å². The van der Waals surface area contributed by atoms with Crippen molar-refractivity contribution in [3.05, 3.63) is 28.8 Å². The van der Waals surface area contributed by atoms with E-state index in [2.05, 4.69) is 0 Å². The standard InChI is InChI=1S/C8H9ClO2/c1-11-5-6-7(9)3-2-4-8(6)10/h2-4,10H,5H2,1H3. The Morgan fingerprint density at radius 3 is 2.82 bits per heavy atom. The lowest BCUT2D eigenvalue weighted by molar-refractivity contribution is 0.182. The van der Waals surface area contributed by atoms with Gasteiger partial charge in [-0.3, -0.25) is 0 Å². The maximum Gasteiger partial charge on any atom is 0.122 e. The van der Waals surface area contributed by atoms with Gasteiger partial charge in [0.25, 0.3) is 0 Å². The zero-order chi connectivity index (χ0) is 8.27. The van der Waals surface area contributed by atoms with Crippen LogP contribution in [0.3, 0.4) is 0 Å². The monoisotopic (exact) mass is 172 g/mol. The summed E-state index contributed by atoms with van der Waals surface area (Å²) in [4.78, 5) is 0. The molecule has 1 aromatic rings. The third-order valence-corrected chi connectivity index (χ3v) is 1.74. The molecule has 0 bridgehead atoms. The Balaban J connectivity index is 3.00. The molecule has 3 heteroatoms. The molecule has 0 aliphatic rings. The van der Waals surface area contributed by atoms with Crippen molar-refractivity contribution in [2.45, 2.75) is 6.61 Å². The topological polar surface area (TPSA) is 29.5 Å². The van der Waals surface area contributed by atoms with Crippen molar-refractivity contribution in [1.82, 2.24) is 0 Å². The zero-order valence-electron chi connectivity index (χ0n) is 6.17. The van der Waals surface area contributed by atoms with Gasteiger partial charge in [0.15, 0.2) is 0 Å². The summed E-state index contributed by atoms with van der Waals surface area (Å²) < 4.78 is 4.85. The van der Waals surface area contributed by atoms with E-state index in [1.165, 1.54) is 0 Å². The predicted octanol–water partition coefficient (Wildman–Crippen LogP) is 2.19. The molecule has 1 N–H and O–H groups in total. The van der Waals surface area contributed by atoms with Crippen LogP contribution in [0.4, 0.5) is 0 Å². The van der Waals surface area contributed by atoms with Crippen molar-refractivity contribution >= 4 is 11.6 Å². The van der Waals surface area contributed by atoms with Crippen LogP contribution >= 0.6 is 11.6 Å². The van der Waals surface area contributed by atoms with Gasteiger partial charge in [-0.2, -0.15) is 0 Å². The number of rotatable bonds is 2. The second-order valence-electron chi connectivity index (χ2n) is 2.17. The molecule has 0 heterocycles. The van der Waals surface area contributed by atoms with Gasteiger partial charge in [0.1, 0.15) is 5.75 Å². The molecule has 0 spiro atoms. The number of hydrogen-bond donors (Lipinski definition) is 1. The molecule has 2 nitrogen and oxygen atoms in total. The summed E-state index contributed by atoms with van der Waals surface area (Å²) in [6.45, 7) is 0.339. The van der Waals surface area contributed by atoms with Gasteiger partial charge < -0.3 is 9.84 Å². The van der Waals surface area contributed by atoms with E-state index in [1.807, 2.05) is 0 Å². The Morgan fingerprint density at radius 2 is 2.27 bits per heavy atom. The fourth-order valence-electron chi connectivity index (χ4n) is 0.834. The summed E-state index contributed by atoms with van der Waals surface area (Å²) >= 11 is 5.77. The number of phenolic OH excluding ortho intramolecular Hbond substituents is 1. The van der Waals surface area contributed by atoms with E-state index in [9.17, 15) is 5.11 Å². The van der Waals surface area contributed by atoms with Gasteiger partial charge in [0.2, 0.25) is 0 Å². The summed E-state index contributed by atoms with van der Waals surface area (Å²) in [5.41, 5.74) is 0.636. The Bertz CT molecular complexity index is 228. The minimum absolute atomic E-state index is 0.180. The largest absolute Gasteiger partial charge is 0.508 e. The minimum atomic E-state index is 0.180. The van der Waals surface area contributed by atoms with E-state index in [4.69, 9.17) is 16.3 Å². The van der Waals surface area contributed by atoms with Crippen molar-refractivity contribution < 1.29 is 9.84 Å². The first-order valence-corrected chi connectivity index (χ1v) is 3.59. The van der Waals surface area contributed by atoms with Gasteiger partial charge in [-0.15, -0.1) is 0 Å². The number of methoxy groups -OCH3 is 1. The molecule has 0 radical (unpaired) electrons. The Morgan fingerprint density at radius 1 is 1.55 bits per heavy atom. The summed E-state index contributed by atoms with van der Waals surface area (Å²) in [5, 5.41) is 9.79. The van der Waals surface area contributed by atoms with Crippen molar-refractivity contribution in [2.75, 3.05) is 7.11 Å². The number of hydrogen-bond acceptors (Lipinski definition) is 2. The molecule has 60 valence electrons. The Hall–Kier alpha value is -0.730. The third kappa shape index (κ3) is 1.85. The van der Waals surface area contributed by atoms with Crippen molar-refractivity contribution in [3.8, 4) is 5.75 Å². The van der Waals surface area contributed by atoms with E-state index in [0.29, 0.717) is 17.2 Å². The Kier molecular flexibility index (Phi) is 2.74. The van der Waals surface area contributed by atoms with E-state index in [-0.39, 0.29) is 5.75 Å². The number of ether oxygens (including phenoxy) is 1. The van der Waals surface area contributed by atoms with Crippen LogP contribution < -0.4 is 0 Å². The molecular weight excluding hydrogens is 164 g/mol. The molecule has 0 saturated heterocycles. The number of halogens is 1. The van der Waals surface area contributed by atoms with Crippen molar-refractivity contribution in [2.24, 2.45) is 0 Å². The number of aromatic hydroxyl groups is 1. The molecule has 0 saturated carbocycles. The lowest BCUT2D eigenvalue weighted by Gasteiger charge is -2.04. The fourth-order valence-corrected chi connectivity index (χ4v) is 1.06. The van der Waals surface area contributed by atoms with Gasteiger partial charge in [0.05, 0.1) is 6.61 Å². The highest BCUT2D eigenvalue weighted by atomic mass is 35.5. The lowest BCUT2D eigenvalue weighted by atomic mass is 10.2. The molecule has 0 amide bonds. The molecular formula is C8H9ClO2. The van der Waals surface area contributed by atoms with E-state index < -0.39 is 0 Å². The molecule has 0 aromatic heterocycles. The van der Waals surface area contributed by atoms with Crippen LogP contribution in [-0.2, 0) is 11.3 Å². The van der Waals surface area contributed by atoms with Gasteiger partial charge in [0, 0.05) is 17.7 Å². The lowest BCUT2D eigenvalue weighted by Crippen LogP contribution is -1.88. The van der Waals surface area contributed by atoms with Crippen LogP contribution in [0.2, 0.25) is 5.02 Å².